The largest absolute Gasteiger partial charge is 0.494 e. The summed E-state index contributed by atoms with van der Waals surface area (Å²) in [5.74, 6) is 1.80. The summed E-state index contributed by atoms with van der Waals surface area (Å²) in [7, 11) is 1.63. The maximum atomic E-state index is 13.5. The molecule has 2 aliphatic rings. The second-order valence-corrected chi connectivity index (χ2v) is 11.5. The van der Waals surface area contributed by atoms with Crippen molar-refractivity contribution in [1.29, 1.82) is 0 Å². The molecule has 0 bridgehead atoms. The summed E-state index contributed by atoms with van der Waals surface area (Å²) in [6.45, 7) is 5.36. The van der Waals surface area contributed by atoms with E-state index in [0.717, 1.165) is 52.8 Å². The molecule has 11 nitrogen and oxygen atoms in total. The van der Waals surface area contributed by atoms with Crippen molar-refractivity contribution in [2.75, 3.05) is 26.8 Å². The van der Waals surface area contributed by atoms with Crippen molar-refractivity contribution in [3.63, 3.8) is 0 Å². The van der Waals surface area contributed by atoms with Crippen LogP contribution in [0.5, 0.6) is 11.6 Å². The molecule has 11 heteroatoms. The molecule has 1 amide bonds. The van der Waals surface area contributed by atoms with Crippen molar-refractivity contribution in [3.05, 3.63) is 60.4 Å². The fourth-order valence-corrected chi connectivity index (χ4v) is 6.08. The van der Waals surface area contributed by atoms with Crippen molar-refractivity contribution in [2.45, 2.75) is 51.7 Å². The minimum absolute atomic E-state index is 0.00882. The maximum Gasteiger partial charge on any atom is 0.255 e. The van der Waals surface area contributed by atoms with Crippen LogP contribution in [0.25, 0.3) is 27.8 Å². The zero-order valence-corrected chi connectivity index (χ0v) is 24.1. The van der Waals surface area contributed by atoms with E-state index in [0.29, 0.717) is 49.4 Å². The summed E-state index contributed by atoms with van der Waals surface area (Å²) in [5.41, 5.74) is 11.4. The molecule has 0 radical (unpaired) electrons. The Morgan fingerprint density at radius 3 is 2.81 bits per heavy atom. The van der Waals surface area contributed by atoms with E-state index in [1.165, 1.54) is 12.8 Å². The second kappa shape index (κ2) is 10.8. The van der Waals surface area contributed by atoms with Crippen molar-refractivity contribution >= 4 is 22.3 Å². The van der Waals surface area contributed by atoms with E-state index >= 15 is 0 Å². The number of hydrogen-bond donors (Lipinski definition) is 1. The van der Waals surface area contributed by atoms with Crippen molar-refractivity contribution in [1.82, 2.24) is 33.6 Å². The van der Waals surface area contributed by atoms with Gasteiger partial charge in [-0.2, -0.15) is 5.10 Å². The molecule has 1 unspecified atom stereocenters. The van der Waals surface area contributed by atoms with Crippen LogP contribution in [0.3, 0.4) is 0 Å². The molecule has 7 rings (SSSR count). The summed E-state index contributed by atoms with van der Waals surface area (Å²) in [4.78, 5) is 24.0. The first-order valence-electron chi connectivity index (χ1n) is 14.7. The minimum Gasteiger partial charge on any atom is -0.494 e. The summed E-state index contributed by atoms with van der Waals surface area (Å²) >= 11 is 0. The fraction of sp³-hybridized carbons (Fsp3) is 0.419. The quantitative estimate of drug-likeness (QED) is 0.286. The Bertz CT molecular complexity index is 1750. The van der Waals surface area contributed by atoms with Crippen LogP contribution in [-0.4, -0.2) is 72.4 Å². The summed E-state index contributed by atoms with van der Waals surface area (Å²) in [6.07, 6.45) is 13.3. The molecule has 1 atom stereocenters. The van der Waals surface area contributed by atoms with Crippen LogP contribution >= 0.6 is 0 Å². The average molecular weight is 569 g/mol. The van der Waals surface area contributed by atoms with Crippen LogP contribution in [0.1, 0.15) is 41.6 Å². The maximum absolute atomic E-state index is 13.5. The van der Waals surface area contributed by atoms with E-state index in [-0.39, 0.29) is 11.9 Å². The van der Waals surface area contributed by atoms with Crippen LogP contribution in [-0.2, 0) is 13.1 Å². The van der Waals surface area contributed by atoms with Gasteiger partial charge >= 0.3 is 0 Å². The van der Waals surface area contributed by atoms with Gasteiger partial charge in [0, 0.05) is 61.4 Å². The number of ether oxygens (including phenoxy) is 2. The topological polar surface area (TPSA) is 118 Å². The number of aryl methyl sites for hydroxylation is 1. The van der Waals surface area contributed by atoms with Gasteiger partial charge < -0.3 is 29.2 Å². The van der Waals surface area contributed by atoms with Gasteiger partial charge in [-0.3, -0.25) is 4.79 Å². The van der Waals surface area contributed by atoms with E-state index in [4.69, 9.17) is 20.3 Å². The molecule has 0 spiro atoms. The van der Waals surface area contributed by atoms with Crippen LogP contribution in [0.15, 0.2) is 49.3 Å². The van der Waals surface area contributed by atoms with E-state index in [9.17, 15) is 4.79 Å². The number of carbonyl (C=O) groups excluding carboxylic acids is 1. The lowest BCUT2D eigenvalue weighted by molar-refractivity contribution is 0.0707. The van der Waals surface area contributed by atoms with Crippen molar-refractivity contribution in [2.24, 2.45) is 11.7 Å². The smallest absolute Gasteiger partial charge is 0.255 e. The Kier molecular flexibility index (Phi) is 6.81. The number of nitrogens with zero attached hydrogens (tertiary/aromatic N) is 7. The molecular formula is C31H36N8O3. The van der Waals surface area contributed by atoms with Gasteiger partial charge in [-0.05, 0) is 56.7 Å². The number of methoxy groups -OCH3 is 1. The lowest BCUT2D eigenvalue weighted by Gasteiger charge is -2.30. The first-order chi connectivity index (χ1) is 20.5. The molecular weight excluding hydrogens is 532 g/mol. The molecule has 1 aliphatic carbocycles. The number of pyridine rings is 2. The molecule has 42 heavy (non-hydrogen) atoms. The highest BCUT2D eigenvalue weighted by molar-refractivity contribution is 5.96. The van der Waals surface area contributed by atoms with E-state index in [1.54, 1.807) is 30.3 Å². The standard InChI is InChI=1S/C31H36N8O3/c1-20-27(35-39-17-23(15-26(41-2)28(20)39)31(40)37-10-3-4-24(32)18-37)25-14-22-7-8-34-30(29(22)38(25)16-21-5-6-21)42-13-12-36-11-9-33-19-36/h7-9,11,14-15,17,19,21,24H,3-6,10,12-13,16,18,32H2,1-2H3. The number of likely N-dealkylation sites (tertiary alicyclic amines) is 1. The molecule has 5 aromatic heterocycles. The zero-order valence-electron chi connectivity index (χ0n) is 24.1. The fourth-order valence-electron chi connectivity index (χ4n) is 6.08. The van der Waals surface area contributed by atoms with Gasteiger partial charge in [-0.25, -0.2) is 14.5 Å². The van der Waals surface area contributed by atoms with Gasteiger partial charge in [-0.15, -0.1) is 0 Å². The molecule has 1 aliphatic heterocycles. The Morgan fingerprint density at radius 2 is 2.05 bits per heavy atom. The summed E-state index contributed by atoms with van der Waals surface area (Å²) < 4.78 is 18.1. The zero-order chi connectivity index (χ0) is 28.8. The summed E-state index contributed by atoms with van der Waals surface area (Å²) in [6, 6.07) is 6.03. The molecule has 2 N–H and O–H groups in total. The molecule has 1 saturated heterocycles. The van der Waals surface area contributed by atoms with Gasteiger partial charge in [0.2, 0.25) is 5.88 Å². The van der Waals surface area contributed by atoms with Crippen LogP contribution in [0.4, 0.5) is 0 Å². The number of amides is 1. The first-order valence-corrected chi connectivity index (χ1v) is 14.7. The Labute approximate surface area is 243 Å². The predicted octanol–water partition coefficient (Wildman–Crippen LogP) is 3.92. The number of imidazole rings is 1. The number of rotatable bonds is 9. The number of aromatic nitrogens is 6. The molecule has 5 aromatic rings. The highest BCUT2D eigenvalue weighted by atomic mass is 16.5. The molecule has 6 heterocycles. The van der Waals surface area contributed by atoms with Gasteiger partial charge in [-0.1, -0.05) is 0 Å². The Hall–Kier alpha value is -4.38. The minimum atomic E-state index is -0.0496. The highest BCUT2D eigenvalue weighted by Crippen LogP contribution is 2.40. The third-order valence-corrected chi connectivity index (χ3v) is 8.44. The SMILES string of the molecule is COc1cc(C(=O)N2CCCC(N)C2)cn2nc(-c3cc4ccnc(OCCn5ccnc5)c4n3CC3CC3)c(C)c12. The number of piperidine rings is 1. The Balaban J connectivity index is 1.29. The monoisotopic (exact) mass is 568 g/mol. The van der Waals surface area contributed by atoms with E-state index in [1.807, 2.05) is 34.0 Å². The number of hydrogen-bond acceptors (Lipinski definition) is 7. The highest BCUT2D eigenvalue weighted by Gasteiger charge is 2.29. The van der Waals surface area contributed by atoms with Crippen molar-refractivity contribution in [3.8, 4) is 23.0 Å². The van der Waals surface area contributed by atoms with Crippen molar-refractivity contribution < 1.29 is 14.3 Å². The van der Waals surface area contributed by atoms with Gasteiger partial charge in [0.05, 0.1) is 31.2 Å². The van der Waals surface area contributed by atoms with E-state index < -0.39 is 0 Å². The van der Waals surface area contributed by atoms with Crippen LogP contribution in [0, 0.1) is 12.8 Å². The van der Waals surface area contributed by atoms with Gasteiger partial charge in [0.15, 0.2) is 0 Å². The third kappa shape index (κ3) is 4.87. The number of nitrogens with two attached hydrogens (primary N) is 1. The second-order valence-electron chi connectivity index (χ2n) is 11.5. The van der Waals surface area contributed by atoms with Crippen LogP contribution < -0.4 is 15.2 Å². The molecule has 218 valence electrons. The molecule has 1 saturated carbocycles. The normalized spacial score (nSPS) is 17.3. The lowest BCUT2D eigenvalue weighted by Crippen LogP contribution is -2.45. The average Bonchev–Trinajstić information content (AvgIpc) is 3.36. The van der Waals surface area contributed by atoms with Crippen LogP contribution in [0.2, 0.25) is 0 Å². The number of fused-ring (bicyclic) bond motifs is 2. The first kappa shape index (κ1) is 26.5. The third-order valence-electron chi connectivity index (χ3n) is 8.44. The summed E-state index contributed by atoms with van der Waals surface area (Å²) in [5, 5.41) is 6.11. The number of carbonyl (C=O) groups is 1. The molecule has 2 fully saturated rings. The van der Waals surface area contributed by atoms with Gasteiger partial charge in [0.1, 0.15) is 29.1 Å². The van der Waals surface area contributed by atoms with E-state index in [2.05, 4.69) is 27.5 Å². The predicted molar refractivity (Wildman–Crippen MR) is 159 cm³/mol. The Morgan fingerprint density at radius 1 is 1.17 bits per heavy atom. The molecule has 0 aromatic carbocycles. The van der Waals surface area contributed by atoms with Gasteiger partial charge in [0.25, 0.3) is 5.91 Å². The lowest BCUT2D eigenvalue weighted by atomic mass is 10.1.